The average molecular weight is 326 g/mol. The normalized spacial score (nSPS) is 10.1. The molecule has 0 aliphatic rings. The Morgan fingerprint density at radius 2 is 1.58 bits per heavy atom. The molecule has 0 bridgehead atoms. The highest BCUT2D eigenvalue weighted by Gasteiger charge is 2.15. The Labute approximate surface area is 142 Å². The summed E-state index contributed by atoms with van der Waals surface area (Å²) in [6, 6.07) is 13.1. The largest absolute Gasteiger partial charge is 0.494 e. The van der Waals surface area contributed by atoms with Gasteiger partial charge in [0.25, 0.3) is 0 Å². The van der Waals surface area contributed by atoms with E-state index in [0.717, 1.165) is 22.4 Å². The van der Waals surface area contributed by atoms with Crippen LogP contribution in [0.15, 0.2) is 42.5 Å². The molecule has 0 unspecified atom stereocenters. The van der Waals surface area contributed by atoms with Crippen LogP contribution >= 0.6 is 0 Å². The molecule has 5 nitrogen and oxygen atoms in total. The molecule has 0 aliphatic carbocycles. The minimum Gasteiger partial charge on any atom is -0.494 e. The predicted molar refractivity (Wildman–Crippen MR) is 94.0 cm³/mol. The van der Waals surface area contributed by atoms with Gasteiger partial charge in [-0.3, -0.25) is 9.59 Å². The van der Waals surface area contributed by atoms with Crippen molar-refractivity contribution in [2.75, 3.05) is 11.9 Å². The number of amides is 2. The van der Waals surface area contributed by atoms with Gasteiger partial charge in [-0.05, 0) is 49.6 Å². The van der Waals surface area contributed by atoms with Gasteiger partial charge in [0.15, 0.2) is 0 Å². The Hall–Kier alpha value is -2.82. The monoisotopic (exact) mass is 326 g/mol. The fourth-order valence-corrected chi connectivity index (χ4v) is 2.31. The summed E-state index contributed by atoms with van der Waals surface area (Å²) in [6.45, 7) is 6.59. The third kappa shape index (κ3) is 4.59. The maximum Gasteiger partial charge on any atom is 0.313 e. The Morgan fingerprint density at radius 3 is 2.17 bits per heavy atom. The van der Waals surface area contributed by atoms with Crippen molar-refractivity contribution in [3.05, 3.63) is 59.2 Å². The van der Waals surface area contributed by atoms with Crippen LogP contribution in [0.3, 0.4) is 0 Å². The second-order valence-corrected chi connectivity index (χ2v) is 5.48. The van der Waals surface area contributed by atoms with Gasteiger partial charge in [-0.1, -0.05) is 30.3 Å². The lowest BCUT2D eigenvalue weighted by Gasteiger charge is -2.11. The van der Waals surface area contributed by atoms with E-state index in [1.807, 2.05) is 63.2 Å². The maximum atomic E-state index is 12.0. The molecular formula is C19H22N2O3. The number of carbonyl (C=O) groups is 2. The van der Waals surface area contributed by atoms with Crippen molar-refractivity contribution >= 4 is 17.5 Å². The molecule has 0 heterocycles. The van der Waals surface area contributed by atoms with E-state index in [9.17, 15) is 9.59 Å². The Morgan fingerprint density at radius 1 is 0.958 bits per heavy atom. The number of benzene rings is 2. The molecule has 0 aromatic heterocycles. The first-order valence-corrected chi connectivity index (χ1v) is 7.88. The quantitative estimate of drug-likeness (QED) is 0.830. The number of anilines is 1. The van der Waals surface area contributed by atoms with Gasteiger partial charge in [0.1, 0.15) is 5.75 Å². The van der Waals surface area contributed by atoms with Gasteiger partial charge in [0.2, 0.25) is 0 Å². The molecule has 0 saturated heterocycles. The summed E-state index contributed by atoms with van der Waals surface area (Å²) in [5.74, 6) is -0.551. The van der Waals surface area contributed by atoms with Crippen molar-refractivity contribution in [3.8, 4) is 5.75 Å². The average Bonchev–Trinajstić information content (AvgIpc) is 2.57. The zero-order valence-corrected chi connectivity index (χ0v) is 14.2. The number of hydrogen-bond donors (Lipinski definition) is 2. The molecular weight excluding hydrogens is 304 g/mol. The Kier molecular flexibility index (Phi) is 5.95. The van der Waals surface area contributed by atoms with Crippen LogP contribution in [0.2, 0.25) is 0 Å². The van der Waals surface area contributed by atoms with Crippen LogP contribution in [0.5, 0.6) is 5.75 Å². The molecule has 126 valence electrons. The van der Waals surface area contributed by atoms with E-state index in [4.69, 9.17) is 4.74 Å². The molecule has 0 fully saturated rings. The number of rotatable bonds is 5. The van der Waals surface area contributed by atoms with Crippen LogP contribution in [-0.2, 0) is 16.1 Å². The Balaban J connectivity index is 1.91. The summed E-state index contributed by atoms with van der Waals surface area (Å²) in [7, 11) is 0. The van der Waals surface area contributed by atoms with E-state index in [1.165, 1.54) is 0 Å². The number of ether oxygens (including phenoxy) is 1. The van der Waals surface area contributed by atoms with Crippen LogP contribution in [0.25, 0.3) is 0 Å². The highest BCUT2D eigenvalue weighted by Crippen LogP contribution is 2.19. The second-order valence-electron chi connectivity index (χ2n) is 5.48. The SMILES string of the molecule is CCOc1ccc(CNC(=O)C(=O)Nc2c(C)cccc2C)cc1. The topological polar surface area (TPSA) is 67.4 Å². The molecule has 0 aliphatic heterocycles. The van der Waals surface area contributed by atoms with Gasteiger partial charge in [-0.25, -0.2) is 0 Å². The van der Waals surface area contributed by atoms with Crippen LogP contribution in [0.1, 0.15) is 23.6 Å². The van der Waals surface area contributed by atoms with Crippen molar-refractivity contribution in [3.63, 3.8) is 0 Å². The zero-order chi connectivity index (χ0) is 17.5. The van der Waals surface area contributed by atoms with E-state index in [1.54, 1.807) is 0 Å². The molecule has 5 heteroatoms. The molecule has 0 saturated carbocycles. The van der Waals surface area contributed by atoms with Gasteiger partial charge >= 0.3 is 11.8 Å². The summed E-state index contributed by atoms with van der Waals surface area (Å²) in [6.07, 6.45) is 0. The first kappa shape index (κ1) is 17.5. The highest BCUT2D eigenvalue weighted by atomic mass is 16.5. The summed E-state index contributed by atoms with van der Waals surface area (Å²) in [5.41, 5.74) is 3.41. The lowest BCUT2D eigenvalue weighted by Crippen LogP contribution is -2.35. The molecule has 0 spiro atoms. The lowest BCUT2D eigenvalue weighted by atomic mass is 10.1. The molecule has 0 atom stereocenters. The third-order valence-electron chi connectivity index (χ3n) is 3.61. The van der Waals surface area contributed by atoms with E-state index < -0.39 is 11.8 Å². The number of aryl methyl sites for hydroxylation is 2. The molecule has 2 amide bonds. The molecule has 24 heavy (non-hydrogen) atoms. The van der Waals surface area contributed by atoms with E-state index in [0.29, 0.717) is 12.3 Å². The molecule has 2 aromatic rings. The standard InChI is InChI=1S/C19H22N2O3/c1-4-24-16-10-8-15(9-11-16)12-20-18(22)19(23)21-17-13(2)6-5-7-14(17)3/h5-11H,4,12H2,1-3H3,(H,20,22)(H,21,23). The van der Waals surface area contributed by atoms with Gasteiger partial charge in [-0.2, -0.15) is 0 Å². The van der Waals surface area contributed by atoms with Crippen LogP contribution in [0, 0.1) is 13.8 Å². The fourth-order valence-electron chi connectivity index (χ4n) is 2.31. The van der Waals surface area contributed by atoms with Crippen LogP contribution < -0.4 is 15.4 Å². The van der Waals surface area contributed by atoms with E-state index >= 15 is 0 Å². The van der Waals surface area contributed by atoms with Crippen molar-refractivity contribution < 1.29 is 14.3 Å². The first-order valence-electron chi connectivity index (χ1n) is 7.88. The third-order valence-corrected chi connectivity index (χ3v) is 3.61. The predicted octanol–water partition coefficient (Wildman–Crippen LogP) is 2.96. The summed E-state index contributed by atoms with van der Waals surface area (Å²) in [5, 5.41) is 5.29. The van der Waals surface area contributed by atoms with Crippen LogP contribution in [0.4, 0.5) is 5.69 Å². The summed E-state index contributed by atoms with van der Waals surface area (Å²) in [4.78, 5) is 24.0. The van der Waals surface area contributed by atoms with Crippen molar-refractivity contribution in [2.24, 2.45) is 0 Å². The summed E-state index contributed by atoms with van der Waals surface area (Å²) < 4.78 is 5.36. The minimum atomic E-state index is -0.668. The van der Waals surface area contributed by atoms with Gasteiger partial charge < -0.3 is 15.4 Å². The molecule has 0 radical (unpaired) electrons. The molecule has 2 aromatic carbocycles. The van der Waals surface area contributed by atoms with Gasteiger partial charge in [-0.15, -0.1) is 0 Å². The van der Waals surface area contributed by atoms with Gasteiger partial charge in [0, 0.05) is 12.2 Å². The second kappa shape index (κ2) is 8.15. The zero-order valence-electron chi connectivity index (χ0n) is 14.2. The summed E-state index contributed by atoms with van der Waals surface area (Å²) >= 11 is 0. The number of hydrogen-bond acceptors (Lipinski definition) is 3. The highest BCUT2D eigenvalue weighted by molar-refractivity contribution is 6.39. The number of nitrogens with one attached hydrogen (secondary N) is 2. The number of para-hydroxylation sites is 1. The van der Waals surface area contributed by atoms with Crippen LogP contribution in [-0.4, -0.2) is 18.4 Å². The van der Waals surface area contributed by atoms with E-state index in [-0.39, 0.29) is 6.54 Å². The molecule has 2 N–H and O–H groups in total. The van der Waals surface area contributed by atoms with E-state index in [2.05, 4.69) is 10.6 Å². The van der Waals surface area contributed by atoms with Crippen molar-refractivity contribution in [2.45, 2.75) is 27.3 Å². The Bertz CT molecular complexity index is 704. The van der Waals surface area contributed by atoms with Gasteiger partial charge in [0.05, 0.1) is 6.61 Å². The van der Waals surface area contributed by atoms with Crippen molar-refractivity contribution in [1.29, 1.82) is 0 Å². The first-order chi connectivity index (χ1) is 11.5. The maximum absolute atomic E-state index is 12.0. The number of carbonyl (C=O) groups excluding carboxylic acids is 2. The smallest absolute Gasteiger partial charge is 0.313 e. The molecule has 2 rings (SSSR count). The lowest BCUT2D eigenvalue weighted by molar-refractivity contribution is -0.136. The fraction of sp³-hybridized carbons (Fsp3) is 0.263. The van der Waals surface area contributed by atoms with Crippen molar-refractivity contribution in [1.82, 2.24) is 5.32 Å². The minimum absolute atomic E-state index is 0.283.